The van der Waals surface area contributed by atoms with Crippen molar-refractivity contribution in [2.75, 3.05) is 23.7 Å². The van der Waals surface area contributed by atoms with Crippen LogP contribution in [0.25, 0.3) is 0 Å². The van der Waals surface area contributed by atoms with Gasteiger partial charge in [-0.1, -0.05) is 53.3 Å². The molecule has 0 unspecified atom stereocenters. The monoisotopic (exact) mass is 490 g/mol. The Bertz CT molecular complexity index is 895. The molecule has 30 heavy (non-hydrogen) atoms. The minimum atomic E-state index is -0.320. The molecule has 6 nitrogen and oxygen atoms in total. The molecular formula is C20H22Cl4N4O2. The third-order valence-corrected chi connectivity index (χ3v) is 5.60. The number of carbonyl (C=O) groups excluding carboxylic acids is 2. The lowest BCUT2D eigenvalue weighted by atomic mass is 10.1. The lowest BCUT2D eigenvalue weighted by molar-refractivity contribution is 0.250. The smallest absolute Gasteiger partial charge is 0.319 e. The fourth-order valence-corrected chi connectivity index (χ4v) is 3.12. The molecule has 0 saturated carbocycles. The van der Waals surface area contributed by atoms with Gasteiger partial charge in [0, 0.05) is 24.5 Å². The summed E-state index contributed by atoms with van der Waals surface area (Å²) in [5.41, 5.74) is 1.12. The highest BCUT2D eigenvalue weighted by molar-refractivity contribution is 6.42. The van der Waals surface area contributed by atoms with Gasteiger partial charge in [-0.3, -0.25) is 0 Å². The number of halogens is 4. The van der Waals surface area contributed by atoms with Crippen molar-refractivity contribution in [3.05, 3.63) is 56.5 Å². The molecule has 0 aliphatic rings. The highest BCUT2D eigenvalue weighted by Crippen LogP contribution is 2.25. The predicted molar refractivity (Wildman–Crippen MR) is 125 cm³/mol. The highest BCUT2D eigenvalue weighted by atomic mass is 35.5. The van der Waals surface area contributed by atoms with E-state index in [9.17, 15) is 9.59 Å². The Hall–Kier alpha value is -1.86. The van der Waals surface area contributed by atoms with Crippen LogP contribution in [0.1, 0.15) is 19.8 Å². The normalized spacial score (nSPS) is 11.5. The molecule has 0 radical (unpaired) electrons. The van der Waals surface area contributed by atoms with Gasteiger partial charge in [-0.2, -0.15) is 0 Å². The Balaban J connectivity index is 1.60. The van der Waals surface area contributed by atoms with E-state index in [-0.39, 0.29) is 18.0 Å². The predicted octanol–water partition coefficient (Wildman–Crippen LogP) is 6.66. The van der Waals surface area contributed by atoms with E-state index in [1.165, 1.54) is 0 Å². The molecule has 2 aromatic rings. The Morgan fingerprint density at radius 1 is 0.800 bits per heavy atom. The average molecular weight is 492 g/mol. The summed E-state index contributed by atoms with van der Waals surface area (Å²) in [5, 5.41) is 12.6. The van der Waals surface area contributed by atoms with Crippen LogP contribution in [0.2, 0.25) is 20.1 Å². The van der Waals surface area contributed by atoms with Gasteiger partial charge in [0.15, 0.2) is 0 Å². The van der Waals surface area contributed by atoms with Crippen LogP contribution in [-0.4, -0.2) is 25.2 Å². The van der Waals surface area contributed by atoms with Crippen LogP contribution in [-0.2, 0) is 0 Å². The van der Waals surface area contributed by atoms with Gasteiger partial charge in [-0.25, -0.2) is 9.59 Å². The quantitative estimate of drug-likeness (QED) is 0.311. The molecule has 0 bridgehead atoms. The van der Waals surface area contributed by atoms with Crippen LogP contribution in [0.15, 0.2) is 36.4 Å². The van der Waals surface area contributed by atoms with Gasteiger partial charge in [0.05, 0.1) is 20.1 Å². The second-order valence-electron chi connectivity index (χ2n) is 6.72. The molecule has 0 aliphatic heterocycles. The Kier molecular flexibility index (Phi) is 9.85. The van der Waals surface area contributed by atoms with Crippen LogP contribution in [0.4, 0.5) is 21.0 Å². The molecule has 4 amide bonds. The molecule has 10 heteroatoms. The topological polar surface area (TPSA) is 82.3 Å². The molecular weight excluding hydrogens is 470 g/mol. The van der Waals surface area contributed by atoms with Gasteiger partial charge in [-0.05, 0) is 55.2 Å². The second-order valence-corrected chi connectivity index (χ2v) is 8.35. The first kappa shape index (κ1) is 24.4. The largest absolute Gasteiger partial charge is 0.338 e. The maximum Gasteiger partial charge on any atom is 0.319 e. The number of urea groups is 2. The lowest BCUT2D eigenvalue weighted by Gasteiger charge is -2.14. The highest BCUT2D eigenvalue weighted by Gasteiger charge is 2.08. The van der Waals surface area contributed by atoms with Crippen LogP contribution >= 0.6 is 46.4 Å². The summed E-state index contributed by atoms with van der Waals surface area (Å²) >= 11 is 23.5. The summed E-state index contributed by atoms with van der Waals surface area (Å²) in [6, 6.07) is 9.11. The summed E-state index contributed by atoms with van der Waals surface area (Å²) in [6.07, 6.45) is 1.60. The number of rotatable bonds is 8. The SMILES string of the molecule is C[C@@H](CCCNC(=O)Nc1ccc(Cl)c(Cl)c1)CNC(=O)Nc1ccc(Cl)c(Cl)c1. The first-order valence-electron chi connectivity index (χ1n) is 9.24. The third-order valence-electron chi connectivity index (χ3n) is 4.13. The van der Waals surface area contributed by atoms with E-state index in [1.54, 1.807) is 36.4 Å². The number of carbonyl (C=O) groups is 2. The molecule has 4 N–H and O–H groups in total. The van der Waals surface area contributed by atoms with Gasteiger partial charge in [0.2, 0.25) is 0 Å². The molecule has 1 atom stereocenters. The minimum absolute atomic E-state index is 0.240. The van der Waals surface area contributed by atoms with Gasteiger partial charge >= 0.3 is 12.1 Å². The second kappa shape index (κ2) is 12.1. The zero-order valence-corrected chi connectivity index (χ0v) is 19.2. The van der Waals surface area contributed by atoms with Crippen LogP contribution < -0.4 is 21.3 Å². The van der Waals surface area contributed by atoms with E-state index in [2.05, 4.69) is 21.3 Å². The van der Waals surface area contributed by atoms with Crippen molar-refractivity contribution in [1.82, 2.24) is 10.6 Å². The number of benzene rings is 2. The molecule has 0 spiro atoms. The van der Waals surface area contributed by atoms with E-state index < -0.39 is 0 Å². The summed E-state index contributed by atoms with van der Waals surface area (Å²) in [7, 11) is 0. The van der Waals surface area contributed by atoms with Crippen molar-refractivity contribution < 1.29 is 9.59 Å². The summed E-state index contributed by atoms with van der Waals surface area (Å²) in [6.45, 7) is 3.03. The van der Waals surface area contributed by atoms with E-state index >= 15 is 0 Å². The third kappa shape index (κ3) is 8.48. The van der Waals surface area contributed by atoms with E-state index in [0.717, 1.165) is 12.8 Å². The molecule has 2 rings (SSSR count). The minimum Gasteiger partial charge on any atom is -0.338 e. The first-order chi connectivity index (χ1) is 14.2. The number of anilines is 2. The molecule has 2 aromatic carbocycles. The maximum absolute atomic E-state index is 12.0. The Labute approximate surface area is 195 Å². The Morgan fingerprint density at radius 3 is 1.80 bits per heavy atom. The summed E-state index contributed by atoms with van der Waals surface area (Å²) in [4.78, 5) is 23.9. The zero-order valence-electron chi connectivity index (χ0n) is 16.2. The molecule has 0 aromatic heterocycles. The van der Waals surface area contributed by atoms with Crippen molar-refractivity contribution in [3.63, 3.8) is 0 Å². The van der Waals surface area contributed by atoms with Crippen molar-refractivity contribution in [2.24, 2.45) is 5.92 Å². The standard InChI is InChI=1S/C20H22Cl4N4O2/c1-12(11-26-20(30)28-14-5-7-16(22)18(24)10-14)3-2-8-25-19(29)27-13-4-6-15(21)17(23)9-13/h4-7,9-10,12H,2-3,8,11H2,1H3,(H2,25,27,29)(H2,26,28,30)/t12-/m0/s1. The van der Waals surface area contributed by atoms with Crippen molar-refractivity contribution >= 4 is 69.8 Å². The Morgan fingerprint density at radius 2 is 1.30 bits per heavy atom. The summed E-state index contributed by atoms with van der Waals surface area (Å²) in [5.74, 6) is 0.240. The molecule has 0 heterocycles. The average Bonchev–Trinajstić information content (AvgIpc) is 2.69. The fourth-order valence-electron chi connectivity index (χ4n) is 2.52. The number of hydrogen-bond acceptors (Lipinski definition) is 2. The molecule has 0 saturated heterocycles. The lowest BCUT2D eigenvalue weighted by Crippen LogP contribution is -2.33. The molecule has 0 fully saturated rings. The van der Waals surface area contributed by atoms with Crippen LogP contribution in [0.3, 0.4) is 0 Å². The number of hydrogen-bond donors (Lipinski definition) is 4. The zero-order chi connectivity index (χ0) is 22.1. The van der Waals surface area contributed by atoms with Gasteiger partial charge in [-0.15, -0.1) is 0 Å². The van der Waals surface area contributed by atoms with Gasteiger partial charge in [0.1, 0.15) is 0 Å². The summed E-state index contributed by atoms with van der Waals surface area (Å²) < 4.78 is 0. The van der Waals surface area contributed by atoms with Crippen LogP contribution in [0, 0.1) is 5.92 Å². The van der Waals surface area contributed by atoms with Gasteiger partial charge < -0.3 is 21.3 Å². The molecule has 0 aliphatic carbocycles. The number of nitrogens with one attached hydrogen (secondary N) is 4. The number of amides is 4. The fraction of sp³-hybridized carbons (Fsp3) is 0.300. The van der Waals surface area contributed by atoms with E-state index in [1.807, 2.05) is 6.92 Å². The van der Waals surface area contributed by atoms with Crippen molar-refractivity contribution in [2.45, 2.75) is 19.8 Å². The first-order valence-corrected chi connectivity index (χ1v) is 10.8. The maximum atomic E-state index is 12.0. The van der Waals surface area contributed by atoms with Crippen molar-refractivity contribution in [1.29, 1.82) is 0 Å². The van der Waals surface area contributed by atoms with Crippen LogP contribution in [0.5, 0.6) is 0 Å². The van der Waals surface area contributed by atoms with E-state index in [4.69, 9.17) is 46.4 Å². The van der Waals surface area contributed by atoms with Gasteiger partial charge in [0.25, 0.3) is 0 Å². The van der Waals surface area contributed by atoms with E-state index in [0.29, 0.717) is 44.6 Å². The van der Waals surface area contributed by atoms with Crippen molar-refractivity contribution in [3.8, 4) is 0 Å². The molecule has 162 valence electrons.